The Morgan fingerprint density at radius 2 is 2.41 bits per heavy atom. The van der Waals surface area contributed by atoms with Crippen LogP contribution < -0.4 is 0 Å². The van der Waals surface area contributed by atoms with E-state index in [9.17, 15) is 9.90 Å². The van der Waals surface area contributed by atoms with E-state index in [1.807, 2.05) is 5.38 Å². The van der Waals surface area contributed by atoms with Crippen LogP contribution in [0, 0.1) is 0 Å². The molecule has 17 heavy (non-hydrogen) atoms. The summed E-state index contributed by atoms with van der Waals surface area (Å²) in [4.78, 5) is 21.0. The van der Waals surface area contributed by atoms with Crippen LogP contribution in [0.15, 0.2) is 10.9 Å². The number of fused-ring (bicyclic) bond motifs is 1. The predicted octanol–water partition coefficient (Wildman–Crippen LogP) is 2.77. The molecule has 2 aromatic heterocycles. The van der Waals surface area contributed by atoms with Crippen LogP contribution in [0.5, 0.6) is 0 Å². The van der Waals surface area contributed by atoms with Crippen molar-refractivity contribution in [2.24, 2.45) is 0 Å². The van der Waals surface area contributed by atoms with Gasteiger partial charge in [0.1, 0.15) is 16.6 Å². The first-order valence-corrected chi connectivity index (χ1v) is 7.12. The zero-order valence-corrected chi connectivity index (χ0v) is 10.6. The first-order valence-electron chi connectivity index (χ1n) is 5.36. The molecule has 0 saturated heterocycles. The number of carbonyl (C=O) groups is 1. The maximum Gasteiger partial charge on any atom is 0.312 e. The Hall–Kier alpha value is -1.27. The van der Waals surface area contributed by atoms with Crippen LogP contribution in [0.4, 0.5) is 0 Å². The fourth-order valence-electron chi connectivity index (χ4n) is 2.09. The van der Waals surface area contributed by atoms with Crippen molar-refractivity contribution in [3.05, 3.63) is 21.5 Å². The number of hydrogen-bond donors (Lipinski definition) is 1. The van der Waals surface area contributed by atoms with Crippen LogP contribution >= 0.6 is 22.7 Å². The third-order valence-corrected chi connectivity index (χ3v) is 4.64. The first-order chi connectivity index (χ1) is 8.25. The fraction of sp³-hybridized carbons (Fsp3) is 0.364. The molecular weight excluding hydrogens is 256 g/mol. The zero-order valence-electron chi connectivity index (χ0n) is 8.92. The standard InChI is InChI=1S/C11H10N2O2S2/c14-11(15)6-2-1-3-8-9(6)13-10(17-8)7-4-16-5-12-7/h4-6H,1-3H2,(H,14,15). The quantitative estimate of drug-likeness (QED) is 0.907. The highest BCUT2D eigenvalue weighted by molar-refractivity contribution is 7.15. The Morgan fingerprint density at radius 1 is 1.53 bits per heavy atom. The molecule has 1 atom stereocenters. The van der Waals surface area contributed by atoms with E-state index >= 15 is 0 Å². The van der Waals surface area contributed by atoms with Gasteiger partial charge in [-0.3, -0.25) is 4.79 Å². The first kappa shape index (κ1) is 10.9. The maximum atomic E-state index is 11.2. The van der Waals surface area contributed by atoms with E-state index in [0.717, 1.165) is 34.1 Å². The van der Waals surface area contributed by atoms with E-state index in [0.29, 0.717) is 6.42 Å². The fourth-order valence-corrected chi connectivity index (χ4v) is 3.83. The van der Waals surface area contributed by atoms with Crippen molar-refractivity contribution in [3.63, 3.8) is 0 Å². The minimum Gasteiger partial charge on any atom is -0.481 e. The van der Waals surface area contributed by atoms with Crippen LogP contribution in [0.3, 0.4) is 0 Å². The summed E-state index contributed by atoms with van der Waals surface area (Å²) in [5, 5.41) is 12.0. The van der Waals surface area contributed by atoms with E-state index in [-0.39, 0.29) is 0 Å². The van der Waals surface area contributed by atoms with E-state index in [2.05, 4.69) is 9.97 Å². The molecule has 0 bridgehead atoms. The van der Waals surface area contributed by atoms with E-state index in [4.69, 9.17) is 0 Å². The molecule has 2 heterocycles. The van der Waals surface area contributed by atoms with Gasteiger partial charge in [-0.05, 0) is 19.3 Å². The van der Waals surface area contributed by atoms with Crippen molar-refractivity contribution in [1.82, 2.24) is 9.97 Å². The number of aromatic nitrogens is 2. The summed E-state index contributed by atoms with van der Waals surface area (Å²) in [5.74, 6) is -1.19. The molecule has 0 aromatic carbocycles. The third-order valence-electron chi connectivity index (χ3n) is 2.90. The number of aliphatic carboxylic acids is 1. The van der Waals surface area contributed by atoms with Crippen molar-refractivity contribution in [2.45, 2.75) is 25.2 Å². The maximum absolute atomic E-state index is 11.2. The second-order valence-corrected chi connectivity index (χ2v) is 5.79. The Morgan fingerprint density at radius 3 is 3.12 bits per heavy atom. The van der Waals surface area contributed by atoms with Crippen LogP contribution in [0.1, 0.15) is 29.3 Å². The number of nitrogens with zero attached hydrogens (tertiary/aromatic N) is 2. The normalized spacial score (nSPS) is 18.9. The molecule has 3 rings (SSSR count). The lowest BCUT2D eigenvalue weighted by atomic mass is 9.91. The van der Waals surface area contributed by atoms with Gasteiger partial charge in [-0.25, -0.2) is 9.97 Å². The van der Waals surface area contributed by atoms with E-state index in [1.54, 1.807) is 16.8 Å². The van der Waals surface area contributed by atoms with Gasteiger partial charge in [0.05, 0.1) is 11.2 Å². The molecule has 1 N–H and O–H groups in total. The predicted molar refractivity (Wildman–Crippen MR) is 66.5 cm³/mol. The monoisotopic (exact) mass is 266 g/mol. The van der Waals surface area contributed by atoms with E-state index in [1.165, 1.54) is 11.3 Å². The number of carboxylic acid groups (broad SMARTS) is 1. The summed E-state index contributed by atoms with van der Waals surface area (Å²) < 4.78 is 0. The summed E-state index contributed by atoms with van der Waals surface area (Å²) in [5.41, 5.74) is 3.39. The summed E-state index contributed by atoms with van der Waals surface area (Å²) in [6, 6.07) is 0. The molecule has 1 unspecified atom stereocenters. The lowest BCUT2D eigenvalue weighted by molar-refractivity contribution is -0.139. The van der Waals surface area contributed by atoms with Gasteiger partial charge in [-0.15, -0.1) is 22.7 Å². The van der Waals surface area contributed by atoms with Gasteiger partial charge in [-0.2, -0.15) is 0 Å². The highest BCUT2D eigenvalue weighted by Crippen LogP contribution is 2.38. The van der Waals surface area contributed by atoms with E-state index < -0.39 is 11.9 Å². The molecule has 1 aliphatic carbocycles. The van der Waals surface area contributed by atoms with Crippen LogP contribution in [-0.4, -0.2) is 21.0 Å². The molecule has 2 aromatic rings. The van der Waals surface area contributed by atoms with Crippen molar-refractivity contribution in [2.75, 3.05) is 0 Å². The number of aryl methyl sites for hydroxylation is 1. The zero-order chi connectivity index (χ0) is 11.8. The molecule has 0 spiro atoms. The average molecular weight is 266 g/mol. The van der Waals surface area contributed by atoms with Gasteiger partial charge in [0, 0.05) is 10.3 Å². The molecule has 4 nitrogen and oxygen atoms in total. The van der Waals surface area contributed by atoms with Crippen molar-refractivity contribution >= 4 is 28.6 Å². The number of hydrogen-bond acceptors (Lipinski definition) is 5. The van der Waals surface area contributed by atoms with Gasteiger partial charge in [-0.1, -0.05) is 0 Å². The summed E-state index contributed by atoms with van der Waals surface area (Å²) in [6.07, 6.45) is 2.58. The Bertz CT molecular complexity index is 548. The third kappa shape index (κ3) is 1.87. The Kier molecular flexibility index (Phi) is 2.68. The molecule has 0 saturated carbocycles. The molecule has 0 fully saturated rings. The molecule has 0 amide bonds. The summed E-state index contributed by atoms with van der Waals surface area (Å²) >= 11 is 3.11. The molecular formula is C11H10N2O2S2. The van der Waals surface area contributed by atoms with Crippen molar-refractivity contribution in [1.29, 1.82) is 0 Å². The minimum atomic E-state index is -0.763. The smallest absolute Gasteiger partial charge is 0.312 e. The Labute approximate surface area is 106 Å². The van der Waals surface area contributed by atoms with Crippen molar-refractivity contribution < 1.29 is 9.90 Å². The topological polar surface area (TPSA) is 63.1 Å². The highest BCUT2D eigenvalue weighted by Gasteiger charge is 2.30. The van der Waals surface area contributed by atoms with Gasteiger partial charge in [0.2, 0.25) is 0 Å². The molecule has 1 aliphatic rings. The highest BCUT2D eigenvalue weighted by atomic mass is 32.1. The minimum absolute atomic E-state index is 0.428. The largest absolute Gasteiger partial charge is 0.481 e. The SMILES string of the molecule is O=C(O)C1CCCc2sc(-c3cscn3)nc21. The van der Waals surface area contributed by atoms with Crippen LogP contribution in [0.2, 0.25) is 0 Å². The lowest BCUT2D eigenvalue weighted by Crippen LogP contribution is -2.17. The van der Waals surface area contributed by atoms with Crippen LogP contribution in [-0.2, 0) is 11.2 Å². The van der Waals surface area contributed by atoms with Crippen LogP contribution in [0.25, 0.3) is 10.7 Å². The van der Waals surface area contributed by atoms with Gasteiger partial charge < -0.3 is 5.11 Å². The second kappa shape index (κ2) is 4.19. The number of carboxylic acids is 1. The van der Waals surface area contributed by atoms with Gasteiger partial charge >= 0.3 is 5.97 Å². The molecule has 6 heteroatoms. The lowest BCUT2D eigenvalue weighted by Gasteiger charge is -2.16. The summed E-state index contributed by atoms with van der Waals surface area (Å²) in [6.45, 7) is 0. The summed E-state index contributed by atoms with van der Waals surface area (Å²) in [7, 11) is 0. The average Bonchev–Trinajstić information content (AvgIpc) is 2.96. The number of thiazole rings is 2. The molecule has 0 aliphatic heterocycles. The molecule has 88 valence electrons. The molecule has 0 radical (unpaired) electrons. The number of rotatable bonds is 2. The second-order valence-electron chi connectivity index (χ2n) is 3.98. The van der Waals surface area contributed by atoms with Gasteiger partial charge in [0.15, 0.2) is 0 Å². The Balaban J connectivity index is 2.04. The van der Waals surface area contributed by atoms with Crippen molar-refractivity contribution in [3.8, 4) is 10.7 Å². The van der Waals surface area contributed by atoms with Gasteiger partial charge in [0.25, 0.3) is 0 Å².